The van der Waals surface area contributed by atoms with Gasteiger partial charge in [-0.05, 0) is 60.5 Å². The Hall–Kier alpha value is -4.99. The summed E-state index contributed by atoms with van der Waals surface area (Å²) in [6.07, 6.45) is 6.97. The van der Waals surface area contributed by atoms with Crippen LogP contribution in [0.4, 0.5) is 14.5 Å². The molecule has 6 rings (SSSR count). The molecule has 39 heavy (non-hydrogen) atoms. The first-order valence-corrected chi connectivity index (χ1v) is 12.5. The first kappa shape index (κ1) is 24.4. The fourth-order valence-corrected chi connectivity index (χ4v) is 4.52. The molecule has 2 aromatic carbocycles. The topological polar surface area (TPSA) is 112 Å². The summed E-state index contributed by atoms with van der Waals surface area (Å²) in [5.74, 6) is -0.480. The van der Waals surface area contributed by atoms with Crippen LogP contribution in [0.3, 0.4) is 0 Å². The summed E-state index contributed by atoms with van der Waals surface area (Å²) in [7, 11) is 0. The molecule has 10 heteroatoms. The standard InChI is InChI=1S/C29H23F2N7O/c1-2-3-4-24(39)34-20-11-18(14-32-15-20)17-12-21-26(22(31)13-17)37-38-27(21)29-35-23-9-10-33-25(28(23)36-29)16-5-7-19(30)8-6-16/h5-15H,2-4H2,1H3,(H,34,39)(H,35,36)(H,37,38). The number of pyridine rings is 2. The van der Waals surface area contributed by atoms with E-state index in [0.29, 0.717) is 51.4 Å². The van der Waals surface area contributed by atoms with Crippen LogP contribution in [0, 0.1) is 11.6 Å². The van der Waals surface area contributed by atoms with Crippen LogP contribution in [0.5, 0.6) is 0 Å². The Balaban J connectivity index is 1.40. The predicted octanol–water partition coefficient (Wildman–Crippen LogP) is 6.64. The number of amides is 1. The van der Waals surface area contributed by atoms with E-state index < -0.39 is 5.82 Å². The summed E-state index contributed by atoms with van der Waals surface area (Å²) in [5, 5.41) is 10.5. The molecule has 6 aromatic rings. The minimum Gasteiger partial charge on any atom is -0.337 e. The Morgan fingerprint density at radius 2 is 1.82 bits per heavy atom. The van der Waals surface area contributed by atoms with E-state index >= 15 is 4.39 Å². The molecule has 0 aliphatic rings. The van der Waals surface area contributed by atoms with Gasteiger partial charge in [-0.15, -0.1) is 0 Å². The highest BCUT2D eigenvalue weighted by molar-refractivity contribution is 5.98. The predicted molar refractivity (Wildman–Crippen MR) is 146 cm³/mol. The number of benzene rings is 2. The highest BCUT2D eigenvalue weighted by Gasteiger charge is 2.18. The maximum absolute atomic E-state index is 15.2. The lowest BCUT2D eigenvalue weighted by Crippen LogP contribution is -2.11. The monoisotopic (exact) mass is 523 g/mol. The van der Waals surface area contributed by atoms with Crippen LogP contribution >= 0.6 is 0 Å². The van der Waals surface area contributed by atoms with Gasteiger partial charge in [0, 0.05) is 35.3 Å². The zero-order valence-electron chi connectivity index (χ0n) is 20.9. The summed E-state index contributed by atoms with van der Waals surface area (Å²) >= 11 is 0. The van der Waals surface area contributed by atoms with Crippen molar-refractivity contribution in [3.63, 3.8) is 0 Å². The van der Waals surface area contributed by atoms with Crippen LogP contribution in [-0.2, 0) is 4.79 Å². The minimum absolute atomic E-state index is 0.0889. The number of unbranched alkanes of at least 4 members (excludes halogenated alkanes) is 1. The molecule has 0 atom stereocenters. The van der Waals surface area contributed by atoms with E-state index in [2.05, 4.69) is 30.5 Å². The van der Waals surface area contributed by atoms with Crippen molar-refractivity contribution in [2.75, 3.05) is 5.32 Å². The molecule has 0 saturated carbocycles. The van der Waals surface area contributed by atoms with Gasteiger partial charge in [0.05, 0.1) is 23.1 Å². The van der Waals surface area contributed by atoms with Crippen molar-refractivity contribution in [2.45, 2.75) is 26.2 Å². The van der Waals surface area contributed by atoms with Gasteiger partial charge in [0.2, 0.25) is 5.91 Å². The smallest absolute Gasteiger partial charge is 0.224 e. The van der Waals surface area contributed by atoms with E-state index in [1.165, 1.54) is 18.2 Å². The van der Waals surface area contributed by atoms with Gasteiger partial charge in [-0.2, -0.15) is 5.10 Å². The van der Waals surface area contributed by atoms with Crippen LogP contribution in [0.1, 0.15) is 26.2 Å². The van der Waals surface area contributed by atoms with Gasteiger partial charge >= 0.3 is 0 Å². The number of hydrogen-bond donors (Lipinski definition) is 3. The number of hydrogen-bond acceptors (Lipinski definition) is 5. The summed E-state index contributed by atoms with van der Waals surface area (Å²) < 4.78 is 28.6. The van der Waals surface area contributed by atoms with Crippen molar-refractivity contribution in [1.82, 2.24) is 30.1 Å². The fourth-order valence-electron chi connectivity index (χ4n) is 4.52. The third-order valence-corrected chi connectivity index (χ3v) is 6.48. The molecule has 0 aliphatic carbocycles. The highest BCUT2D eigenvalue weighted by atomic mass is 19.1. The SMILES string of the molecule is CCCCC(=O)Nc1cncc(-c2cc(F)c3n[nH]c(-c4nc5c(-c6ccc(F)cc6)nccc5[nH]4)c3c2)c1. The lowest BCUT2D eigenvalue weighted by Gasteiger charge is -2.08. The molecule has 0 radical (unpaired) electrons. The molecule has 0 saturated heterocycles. The molecule has 0 fully saturated rings. The zero-order chi connectivity index (χ0) is 26.9. The molecule has 4 aromatic heterocycles. The van der Waals surface area contributed by atoms with E-state index in [1.54, 1.807) is 42.9 Å². The van der Waals surface area contributed by atoms with E-state index in [1.807, 2.05) is 13.0 Å². The number of nitrogens with zero attached hydrogens (tertiary/aromatic N) is 4. The number of carbonyl (C=O) groups excluding carboxylic acids is 1. The largest absolute Gasteiger partial charge is 0.337 e. The molecular weight excluding hydrogens is 500 g/mol. The molecule has 0 spiro atoms. The molecular formula is C29H23F2N7O. The molecule has 0 unspecified atom stereocenters. The molecule has 3 N–H and O–H groups in total. The Morgan fingerprint density at radius 3 is 2.64 bits per heavy atom. The molecule has 194 valence electrons. The molecule has 4 heterocycles. The second-order valence-electron chi connectivity index (χ2n) is 9.21. The van der Waals surface area contributed by atoms with Crippen LogP contribution in [0.2, 0.25) is 0 Å². The van der Waals surface area contributed by atoms with Crippen molar-refractivity contribution >= 4 is 33.5 Å². The van der Waals surface area contributed by atoms with Crippen LogP contribution < -0.4 is 5.32 Å². The number of anilines is 1. The Kier molecular flexibility index (Phi) is 6.28. The number of fused-ring (bicyclic) bond motifs is 2. The molecule has 8 nitrogen and oxygen atoms in total. The van der Waals surface area contributed by atoms with Gasteiger partial charge in [-0.25, -0.2) is 13.8 Å². The lowest BCUT2D eigenvalue weighted by atomic mass is 10.0. The average Bonchev–Trinajstić information content (AvgIpc) is 3.57. The number of halogens is 2. The van der Waals surface area contributed by atoms with E-state index in [-0.39, 0.29) is 17.2 Å². The van der Waals surface area contributed by atoms with Crippen LogP contribution in [0.15, 0.2) is 67.1 Å². The van der Waals surface area contributed by atoms with Gasteiger partial charge in [0.15, 0.2) is 11.6 Å². The van der Waals surface area contributed by atoms with Gasteiger partial charge in [-0.3, -0.25) is 19.9 Å². The summed E-state index contributed by atoms with van der Waals surface area (Å²) in [5.41, 5.74) is 5.05. The first-order chi connectivity index (χ1) is 19.0. The number of imidazole rings is 1. The van der Waals surface area contributed by atoms with Crippen molar-refractivity contribution in [1.29, 1.82) is 0 Å². The lowest BCUT2D eigenvalue weighted by molar-refractivity contribution is -0.116. The molecule has 1 amide bonds. The fraction of sp³-hybridized carbons (Fsp3) is 0.138. The number of rotatable bonds is 7. The number of aromatic nitrogens is 6. The third-order valence-electron chi connectivity index (χ3n) is 6.48. The summed E-state index contributed by atoms with van der Waals surface area (Å²) in [6.45, 7) is 2.02. The van der Waals surface area contributed by atoms with E-state index in [9.17, 15) is 9.18 Å². The van der Waals surface area contributed by atoms with Crippen molar-refractivity contribution in [2.24, 2.45) is 0 Å². The van der Waals surface area contributed by atoms with Crippen molar-refractivity contribution in [3.05, 3.63) is 78.8 Å². The third kappa shape index (κ3) is 4.72. The minimum atomic E-state index is -0.507. The van der Waals surface area contributed by atoms with Gasteiger partial charge < -0.3 is 10.3 Å². The normalized spacial score (nSPS) is 11.4. The Labute approximate surface area is 221 Å². The van der Waals surface area contributed by atoms with Crippen molar-refractivity contribution in [3.8, 4) is 33.9 Å². The van der Waals surface area contributed by atoms with Crippen LogP contribution in [0.25, 0.3) is 55.8 Å². The van der Waals surface area contributed by atoms with Crippen LogP contribution in [-0.4, -0.2) is 36.0 Å². The average molecular weight is 524 g/mol. The second-order valence-corrected chi connectivity index (χ2v) is 9.21. The maximum Gasteiger partial charge on any atom is 0.224 e. The highest BCUT2D eigenvalue weighted by Crippen LogP contribution is 2.34. The summed E-state index contributed by atoms with van der Waals surface area (Å²) in [4.78, 5) is 28.9. The Bertz CT molecular complexity index is 1830. The number of carbonyl (C=O) groups is 1. The zero-order valence-corrected chi connectivity index (χ0v) is 20.9. The van der Waals surface area contributed by atoms with Gasteiger partial charge in [0.25, 0.3) is 0 Å². The summed E-state index contributed by atoms with van der Waals surface area (Å²) in [6, 6.07) is 12.8. The van der Waals surface area contributed by atoms with E-state index in [4.69, 9.17) is 4.98 Å². The first-order valence-electron chi connectivity index (χ1n) is 12.5. The van der Waals surface area contributed by atoms with E-state index in [0.717, 1.165) is 23.9 Å². The van der Waals surface area contributed by atoms with Gasteiger partial charge in [0.1, 0.15) is 22.5 Å². The molecule has 0 aliphatic heterocycles. The quantitative estimate of drug-likeness (QED) is 0.217. The maximum atomic E-state index is 15.2. The van der Waals surface area contributed by atoms with Gasteiger partial charge in [-0.1, -0.05) is 13.3 Å². The van der Waals surface area contributed by atoms with Crippen molar-refractivity contribution < 1.29 is 13.6 Å². The Morgan fingerprint density at radius 1 is 0.974 bits per heavy atom. The molecule has 0 bridgehead atoms. The second kappa shape index (κ2) is 10.1. The number of aromatic amines is 2. The number of nitrogens with one attached hydrogen (secondary N) is 3. The number of H-pyrrole nitrogens is 2.